The van der Waals surface area contributed by atoms with Crippen molar-refractivity contribution in [2.45, 2.75) is 67.7 Å². The Hall–Kier alpha value is -3.03. The monoisotopic (exact) mass is 502 g/mol. The Bertz CT molecular complexity index is 911. The molecule has 0 saturated carbocycles. The molecule has 0 fully saturated rings. The minimum Gasteiger partial charge on any atom is -0.462 e. The fraction of sp³-hybridized carbons (Fsp3) is 0.607. The maximum absolute atomic E-state index is 13.5. The van der Waals surface area contributed by atoms with E-state index >= 15 is 0 Å². The molecule has 0 aromatic rings. The molecule has 0 aromatic heterocycles. The van der Waals surface area contributed by atoms with E-state index in [1.54, 1.807) is 26.2 Å². The van der Waals surface area contributed by atoms with Gasteiger partial charge in [-0.05, 0) is 37.7 Å². The van der Waals surface area contributed by atoms with Crippen LogP contribution in [0.1, 0.15) is 67.7 Å². The summed E-state index contributed by atoms with van der Waals surface area (Å²) in [6, 6.07) is 0. The van der Waals surface area contributed by atoms with Crippen LogP contribution in [0, 0.1) is 23.7 Å². The van der Waals surface area contributed by atoms with Crippen LogP contribution < -0.4 is 5.32 Å². The highest BCUT2D eigenvalue weighted by atomic mass is 16.5. The zero-order chi connectivity index (χ0) is 27.0. The molecule has 0 spiro atoms. The van der Waals surface area contributed by atoms with Crippen LogP contribution in [0.15, 0.2) is 46.6 Å². The number of carbonyl (C=O) groups is 3. The van der Waals surface area contributed by atoms with E-state index < -0.39 is 23.9 Å². The summed E-state index contributed by atoms with van der Waals surface area (Å²) >= 11 is 0. The Morgan fingerprint density at radius 2 is 1.50 bits per heavy atom. The Kier molecular flexibility index (Phi) is 10.8. The molecule has 8 nitrogen and oxygen atoms in total. The number of dihydropyridines is 1. The number of amides is 1. The van der Waals surface area contributed by atoms with Crippen LogP contribution in [0.5, 0.6) is 0 Å². The van der Waals surface area contributed by atoms with E-state index in [9.17, 15) is 14.4 Å². The van der Waals surface area contributed by atoms with Gasteiger partial charge in [0, 0.05) is 29.7 Å². The van der Waals surface area contributed by atoms with Crippen LogP contribution in [-0.2, 0) is 23.8 Å². The first-order valence-corrected chi connectivity index (χ1v) is 12.8. The van der Waals surface area contributed by atoms with Gasteiger partial charge >= 0.3 is 18.0 Å². The fourth-order valence-corrected chi connectivity index (χ4v) is 4.31. The minimum atomic E-state index is -0.732. The molecule has 1 atom stereocenters. The Labute approximate surface area is 215 Å². The molecule has 0 radical (unpaired) electrons. The maximum Gasteiger partial charge on any atom is 0.417 e. The first kappa shape index (κ1) is 29.2. The Morgan fingerprint density at radius 1 is 0.972 bits per heavy atom. The number of unbranched alkanes of at least 4 members (excludes halogenated alkanes) is 1. The number of allylic oxidation sites excluding steroid dienone is 4. The highest BCUT2D eigenvalue weighted by Crippen LogP contribution is 2.42. The molecule has 1 unspecified atom stereocenters. The van der Waals surface area contributed by atoms with E-state index in [2.05, 4.69) is 12.2 Å². The third-order valence-electron chi connectivity index (χ3n) is 6.08. The quantitative estimate of drug-likeness (QED) is 0.314. The van der Waals surface area contributed by atoms with E-state index in [1.807, 2.05) is 33.8 Å². The minimum absolute atomic E-state index is 0.0876. The SMILES string of the molecule is CCCCC1C=CN(C(=O)OC)C=C1C1C(C(=O)OCC(C)C)=C(C)NC(C)=C1C(=O)OCC(C)C. The Morgan fingerprint density at radius 3 is 1.94 bits per heavy atom. The van der Waals surface area contributed by atoms with Crippen molar-refractivity contribution < 1.29 is 28.6 Å². The van der Waals surface area contributed by atoms with E-state index in [4.69, 9.17) is 14.2 Å². The van der Waals surface area contributed by atoms with E-state index in [-0.39, 0.29) is 31.0 Å². The van der Waals surface area contributed by atoms with Gasteiger partial charge in [-0.1, -0.05) is 53.5 Å². The molecule has 0 aromatic carbocycles. The average Bonchev–Trinajstić information content (AvgIpc) is 2.83. The van der Waals surface area contributed by atoms with Crippen molar-refractivity contribution >= 4 is 18.0 Å². The van der Waals surface area contributed by atoms with Crippen molar-refractivity contribution in [1.29, 1.82) is 0 Å². The number of hydrogen-bond donors (Lipinski definition) is 1. The number of carbonyl (C=O) groups excluding carboxylic acids is 3. The molecule has 0 bridgehead atoms. The van der Waals surface area contributed by atoms with Gasteiger partial charge in [-0.2, -0.15) is 0 Å². The molecular weight excluding hydrogens is 460 g/mol. The first-order valence-electron chi connectivity index (χ1n) is 12.8. The van der Waals surface area contributed by atoms with E-state index in [0.29, 0.717) is 22.5 Å². The molecule has 1 N–H and O–H groups in total. The van der Waals surface area contributed by atoms with E-state index in [1.165, 1.54) is 12.0 Å². The largest absolute Gasteiger partial charge is 0.462 e. The molecule has 0 aliphatic carbocycles. The molecule has 0 saturated heterocycles. The number of nitrogens with zero attached hydrogens (tertiary/aromatic N) is 1. The zero-order valence-electron chi connectivity index (χ0n) is 23.0. The topological polar surface area (TPSA) is 94.2 Å². The highest BCUT2D eigenvalue weighted by molar-refractivity contribution is 5.99. The lowest BCUT2D eigenvalue weighted by atomic mass is 9.74. The average molecular weight is 503 g/mol. The van der Waals surface area contributed by atoms with Crippen LogP contribution in [0.2, 0.25) is 0 Å². The molecule has 1 amide bonds. The molecule has 2 heterocycles. The first-order chi connectivity index (χ1) is 17.0. The van der Waals surface area contributed by atoms with Crippen molar-refractivity contribution in [3.63, 3.8) is 0 Å². The van der Waals surface area contributed by atoms with Gasteiger partial charge < -0.3 is 19.5 Å². The molecule has 36 heavy (non-hydrogen) atoms. The summed E-state index contributed by atoms with van der Waals surface area (Å²) in [6.07, 6.45) is 7.48. The lowest BCUT2D eigenvalue weighted by Gasteiger charge is -2.36. The van der Waals surface area contributed by atoms with Crippen molar-refractivity contribution in [1.82, 2.24) is 10.2 Å². The normalized spacial score (nSPS) is 18.4. The van der Waals surface area contributed by atoms with Crippen LogP contribution in [-0.4, -0.2) is 43.3 Å². The molecule has 8 heteroatoms. The molecule has 2 rings (SSSR count). The van der Waals surface area contributed by atoms with Crippen molar-refractivity contribution in [3.05, 3.63) is 46.6 Å². The van der Waals surface area contributed by atoms with Crippen LogP contribution in [0.3, 0.4) is 0 Å². The van der Waals surface area contributed by atoms with Crippen molar-refractivity contribution in [2.24, 2.45) is 23.7 Å². The van der Waals surface area contributed by atoms with Crippen molar-refractivity contribution in [2.75, 3.05) is 20.3 Å². The number of hydrogen-bond acceptors (Lipinski definition) is 7. The lowest BCUT2D eigenvalue weighted by molar-refractivity contribution is -0.141. The lowest BCUT2D eigenvalue weighted by Crippen LogP contribution is -2.37. The predicted octanol–water partition coefficient (Wildman–Crippen LogP) is 5.44. The standard InChI is InChI=1S/C28H42N2O6/c1-9-10-11-21-12-13-30(28(33)34-8)14-22(21)25-23(26(31)35-15-17(2)3)19(6)29-20(7)24(25)27(32)36-16-18(4)5/h12-14,17-18,21,25,29H,9-11,15-16H2,1-8H3. The van der Waals surface area contributed by atoms with Gasteiger partial charge in [0.05, 0.1) is 37.4 Å². The highest BCUT2D eigenvalue weighted by Gasteiger charge is 2.42. The summed E-state index contributed by atoms with van der Waals surface area (Å²) < 4.78 is 16.2. The smallest absolute Gasteiger partial charge is 0.417 e. The van der Waals surface area contributed by atoms with Gasteiger partial charge in [0.2, 0.25) is 0 Å². The van der Waals surface area contributed by atoms with E-state index in [0.717, 1.165) is 24.8 Å². The van der Waals surface area contributed by atoms with Gasteiger partial charge in [-0.3, -0.25) is 4.90 Å². The third-order valence-corrected chi connectivity index (χ3v) is 6.08. The van der Waals surface area contributed by atoms with Crippen LogP contribution in [0.4, 0.5) is 4.79 Å². The summed E-state index contributed by atoms with van der Waals surface area (Å²) in [5, 5.41) is 3.20. The number of rotatable bonds is 10. The van der Waals surface area contributed by atoms with Gasteiger partial charge in [0.1, 0.15) is 0 Å². The summed E-state index contributed by atoms with van der Waals surface area (Å²) in [5.41, 5.74) is 2.68. The fourth-order valence-electron chi connectivity index (χ4n) is 4.31. The van der Waals surface area contributed by atoms with Gasteiger partial charge in [-0.25, -0.2) is 14.4 Å². The summed E-state index contributed by atoms with van der Waals surface area (Å²) in [7, 11) is 1.31. The number of esters is 2. The summed E-state index contributed by atoms with van der Waals surface area (Å²) in [4.78, 5) is 40.7. The molecule has 2 aliphatic rings. The second kappa shape index (κ2) is 13.3. The third kappa shape index (κ3) is 7.24. The number of ether oxygens (including phenoxy) is 3. The van der Waals surface area contributed by atoms with Gasteiger partial charge in [-0.15, -0.1) is 0 Å². The van der Waals surface area contributed by atoms with Crippen molar-refractivity contribution in [3.8, 4) is 0 Å². The summed E-state index contributed by atoms with van der Waals surface area (Å²) in [6.45, 7) is 14.1. The van der Waals surface area contributed by atoms with Crippen LogP contribution >= 0.6 is 0 Å². The van der Waals surface area contributed by atoms with Crippen LogP contribution in [0.25, 0.3) is 0 Å². The zero-order valence-corrected chi connectivity index (χ0v) is 23.0. The van der Waals surface area contributed by atoms with Gasteiger partial charge in [0.25, 0.3) is 0 Å². The number of nitrogens with one attached hydrogen (secondary N) is 1. The maximum atomic E-state index is 13.5. The second-order valence-corrected chi connectivity index (χ2v) is 10.2. The predicted molar refractivity (Wildman–Crippen MR) is 138 cm³/mol. The number of methoxy groups -OCH3 is 1. The molecular formula is C28H42N2O6. The second-order valence-electron chi connectivity index (χ2n) is 10.2. The Balaban J connectivity index is 2.67. The molecule has 200 valence electrons. The molecule has 2 aliphatic heterocycles. The van der Waals surface area contributed by atoms with Gasteiger partial charge in [0.15, 0.2) is 0 Å². The summed E-state index contributed by atoms with van der Waals surface area (Å²) in [5.74, 6) is -1.49.